The molecule has 1 atom stereocenters. The summed E-state index contributed by atoms with van der Waals surface area (Å²) in [7, 11) is -3.92. The molecule has 21 heavy (non-hydrogen) atoms. The van der Waals surface area contributed by atoms with Crippen LogP contribution in [0.4, 0.5) is 4.39 Å². The molecule has 1 aromatic rings. The van der Waals surface area contributed by atoms with Crippen LogP contribution in [0, 0.1) is 5.82 Å². The largest absolute Gasteiger partial charge is 0.480 e. The Morgan fingerprint density at radius 3 is 2.81 bits per heavy atom. The first-order valence-corrected chi connectivity index (χ1v) is 8.46. The van der Waals surface area contributed by atoms with E-state index in [0.29, 0.717) is 12.8 Å². The van der Waals surface area contributed by atoms with Gasteiger partial charge in [-0.2, -0.15) is 4.31 Å². The highest BCUT2D eigenvalue weighted by Crippen LogP contribution is 2.25. The summed E-state index contributed by atoms with van der Waals surface area (Å²) in [6, 6.07) is 2.59. The van der Waals surface area contributed by atoms with Crippen molar-refractivity contribution >= 4 is 27.6 Å². The Morgan fingerprint density at radius 1 is 1.43 bits per heavy atom. The number of carbonyl (C=O) groups is 1. The van der Waals surface area contributed by atoms with Crippen molar-refractivity contribution in [3.8, 4) is 0 Å². The van der Waals surface area contributed by atoms with E-state index in [1.54, 1.807) is 0 Å². The molecular weight excluding hydrogens is 321 g/mol. The Morgan fingerprint density at radius 2 is 2.14 bits per heavy atom. The fourth-order valence-corrected chi connectivity index (χ4v) is 4.38. The van der Waals surface area contributed by atoms with Crippen LogP contribution in [-0.2, 0) is 20.6 Å². The van der Waals surface area contributed by atoms with Gasteiger partial charge in [0.25, 0.3) is 0 Å². The fourth-order valence-electron chi connectivity index (χ4n) is 2.42. The SMILES string of the molecule is O=C(O)C1CCCCN1S(=O)(=O)Cc1cc(Cl)ccc1F. The van der Waals surface area contributed by atoms with Crippen molar-refractivity contribution in [1.29, 1.82) is 0 Å². The van der Waals surface area contributed by atoms with E-state index in [4.69, 9.17) is 16.7 Å². The minimum atomic E-state index is -3.92. The zero-order chi connectivity index (χ0) is 15.6. The predicted octanol–water partition coefficient (Wildman–Crippen LogP) is 2.25. The van der Waals surface area contributed by atoms with Crippen molar-refractivity contribution in [3.63, 3.8) is 0 Å². The van der Waals surface area contributed by atoms with E-state index in [1.165, 1.54) is 12.1 Å². The molecule has 0 amide bonds. The molecule has 1 fully saturated rings. The summed E-state index contributed by atoms with van der Waals surface area (Å²) in [6.45, 7) is 0.140. The number of hydrogen-bond donors (Lipinski definition) is 1. The Labute approximate surface area is 127 Å². The first-order chi connectivity index (χ1) is 9.81. The maximum atomic E-state index is 13.7. The lowest BCUT2D eigenvalue weighted by molar-refractivity contribution is -0.142. The summed E-state index contributed by atoms with van der Waals surface area (Å²) in [5.41, 5.74) is -0.0581. The van der Waals surface area contributed by atoms with Crippen LogP contribution in [0.1, 0.15) is 24.8 Å². The van der Waals surface area contributed by atoms with Crippen molar-refractivity contribution in [2.45, 2.75) is 31.1 Å². The smallest absolute Gasteiger partial charge is 0.322 e. The quantitative estimate of drug-likeness (QED) is 0.915. The van der Waals surface area contributed by atoms with E-state index in [2.05, 4.69) is 0 Å². The van der Waals surface area contributed by atoms with E-state index in [-0.39, 0.29) is 23.6 Å². The zero-order valence-electron chi connectivity index (χ0n) is 11.1. The van der Waals surface area contributed by atoms with Crippen LogP contribution in [0.25, 0.3) is 0 Å². The monoisotopic (exact) mass is 335 g/mol. The number of nitrogens with zero attached hydrogens (tertiary/aromatic N) is 1. The van der Waals surface area contributed by atoms with Gasteiger partial charge >= 0.3 is 5.97 Å². The molecule has 1 unspecified atom stereocenters. The Kier molecular flexibility index (Phi) is 4.85. The van der Waals surface area contributed by atoms with Gasteiger partial charge in [-0.25, -0.2) is 12.8 Å². The fraction of sp³-hybridized carbons (Fsp3) is 0.462. The van der Waals surface area contributed by atoms with Gasteiger partial charge in [0.2, 0.25) is 10.0 Å². The standard InChI is InChI=1S/C13H15ClFNO4S/c14-10-4-5-11(15)9(7-10)8-21(19,20)16-6-2-1-3-12(16)13(17)18/h4-5,7,12H,1-3,6,8H2,(H,17,18). The van der Waals surface area contributed by atoms with E-state index in [1.807, 2.05) is 0 Å². The number of aliphatic carboxylic acids is 1. The number of rotatable bonds is 4. The number of halogens is 2. The summed E-state index contributed by atoms with van der Waals surface area (Å²) in [4.78, 5) is 11.2. The molecule has 2 rings (SSSR count). The van der Waals surface area contributed by atoms with Gasteiger partial charge in [0.05, 0.1) is 5.75 Å². The summed E-state index contributed by atoms with van der Waals surface area (Å²) in [5, 5.41) is 9.37. The second-order valence-corrected chi connectivity index (χ2v) is 7.31. The van der Waals surface area contributed by atoms with Gasteiger partial charge in [-0.05, 0) is 37.5 Å². The zero-order valence-corrected chi connectivity index (χ0v) is 12.7. The molecule has 0 spiro atoms. The van der Waals surface area contributed by atoms with Crippen LogP contribution >= 0.6 is 11.6 Å². The molecule has 0 bridgehead atoms. The van der Waals surface area contributed by atoms with Crippen molar-refractivity contribution in [2.24, 2.45) is 0 Å². The highest BCUT2D eigenvalue weighted by molar-refractivity contribution is 7.88. The van der Waals surface area contributed by atoms with E-state index in [9.17, 15) is 17.6 Å². The number of hydrogen-bond acceptors (Lipinski definition) is 3. The van der Waals surface area contributed by atoms with Crippen molar-refractivity contribution in [3.05, 3.63) is 34.6 Å². The Balaban J connectivity index is 2.28. The lowest BCUT2D eigenvalue weighted by Gasteiger charge is -2.31. The van der Waals surface area contributed by atoms with Crippen LogP contribution in [-0.4, -0.2) is 36.4 Å². The molecule has 0 saturated carbocycles. The molecular formula is C13H15ClFNO4S. The maximum absolute atomic E-state index is 13.7. The molecule has 1 aliphatic rings. The molecule has 1 saturated heterocycles. The highest BCUT2D eigenvalue weighted by Gasteiger charge is 2.36. The minimum Gasteiger partial charge on any atom is -0.480 e. The Hall–Kier alpha value is -1.18. The number of sulfonamides is 1. The molecule has 1 aromatic carbocycles. The van der Waals surface area contributed by atoms with Crippen molar-refractivity contribution in [2.75, 3.05) is 6.54 Å². The van der Waals surface area contributed by atoms with Crippen LogP contribution in [0.5, 0.6) is 0 Å². The molecule has 0 aliphatic carbocycles. The van der Waals surface area contributed by atoms with Gasteiger partial charge in [-0.1, -0.05) is 11.6 Å². The third kappa shape index (κ3) is 3.72. The van der Waals surface area contributed by atoms with E-state index in [0.717, 1.165) is 10.4 Å². The maximum Gasteiger partial charge on any atom is 0.322 e. The van der Waals surface area contributed by atoms with Gasteiger partial charge in [0, 0.05) is 17.1 Å². The van der Waals surface area contributed by atoms with Crippen LogP contribution in [0.3, 0.4) is 0 Å². The molecule has 1 aliphatic heterocycles. The normalized spacial score (nSPS) is 20.4. The number of carboxylic acid groups (broad SMARTS) is 1. The van der Waals surface area contributed by atoms with E-state index >= 15 is 0 Å². The number of benzene rings is 1. The highest BCUT2D eigenvalue weighted by atomic mass is 35.5. The van der Waals surface area contributed by atoms with Crippen LogP contribution in [0.2, 0.25) is 5.02 Å². The van der Waals surface area contributed by atoms with Gasteiger partial charge in [0.15, 0.2) is 0 Å². The van der Waals surface area contributed by atoms with Gasteiger partial charge in [-0.3, -0.25) is 4.79 Å². The van der Waals surface area contributed by atoms with Gasteiger partial charge in [0.1, 0.15) is 11.9 Å². The second-order valence-electron chi connectivity index (χ2n) is 4.95. The van der Waals surface area contributed by atoms with Crippen LogP contribution < -0.4 is 0 Å². The molecule has 116 valence electrons. The Bertz CT molecular complexity index is 650. The minimum absolute atomic E-state index is 0.0581. The summed E-state index contributed by atoms with van der Waals surface area (Å²) < 4.78 is 39.4. The van der Waals surface area contributed by atoms with Crippen LogP contribution in [0.15, 0.2) is 18.2 Å². The average molecular weight is 336 g/mol. The molecule has 1 N–H and O–H groups in total. The summed E-state index contributed by atoms with van der Waals surface area (Å²) in [5.74, 6) is -2.44. The van der Waals surface area contributed by atoms with Gasteiger partial charge < -0.3 is 5.11 Å². The first kappa shape index (κ1) is 16.2. The molecule has 0 radical (unpaired) electrons. The lowest BCUT2D eigenvalue weighted by atomic mass is 10.1. The van der Waals surface area contributed by atoms with E-state index < -0.39 is 33.6 Å². The van der Waals surface area contributed by atoms with Crippen molar-refractivity contribution < 1.29 is 22.7 Å². The number of carboxylic acids is 1. The predicted molar refractivity (Wildman–Crippen MR) is 76.0 cm³/mol. The second kappa shape index (κ2) is 6.29. The lowest BCUT2D eigenvalue weighted by Crippen LogP contribution is -2.48. The molecule has 1 heterocycles. The summed E-state index contributed by atoms with van der Waals surface area (Å²) in [6.07, 6.45) is 1.53. The van der Waals surface area contributed by atoms with Crippen molar-refractivity contribution in [1.82, 2.24) is 4.31 Å². The number of piperidine rings is 1. The molecule has 5 nitrogen and oxygen atoms in total. The van der Waals surface area contributed by atoms with Gasteiger partial charge in [-0.15, -0.1) is 0 Å². The molecule has 8 heteroatoms. The third-order valence-corrected chi connectivity index (χ3v) is 5.50. The third-order valence-electron chi connectivity index (χ3n) is 3.44. The summed E-state index contributed by atoms with van der Waals surface area (Å²) >= 11 is 5.74. The average Bonchev–Trinajstić information content (AvgIpc) is 2.42. The molecule has 0 aromatic heterocycles. The first-order valence-electron chi connectivity index (χ1n) is 6.47. The topological polar surface area (TPSA) is 74.7 Å².